The third-order valence-electron chi connectivity index (χ3n) is 2.68. The van der Waals surface area contributed by atoms with Gasteiger partial charge in [-0.2, -0.15) is 9.97 Å². The first kappa shape index (κ1) is 12.7. The molecule has 8 nitrogen and oxygen atoms in total. The number of rotatable bonds is 3. The van der Waals surface area contributed by atoms with Crippen molar-refractivity contribution in [3.63, 3.8) is 0 Å². The van der Waals surface area contributed by atoms with Crippen LogP contribution in [0.15, 0.2) is 18.2 Å². The van der Waals surface area contributed by atoms with Gasteiger partial charge in [-0.05, 0) is 12.1 Å². The molecular formula is C11H10ClN7O. The zero-order chi connectivity index (χ0) is 14.1. The predicted octanol–water partition coefficient (Wildman–Crippen LogP) is 0.393. The van der Waals surface area contributed by atoms with Gasteiger partial charge in [-0.25, -0.2) is 4.68 Å². The minimum atomic E-state index is -0.118. The van der Waals surface area contributed by atoms with Crippen molar-refractivity contribution in [1.29, 1.82) is 0 Å². The Kier molecular flexibility index (Phi) is 3.17. The Hall–Kier alpha value is -2.32. The molecule has 3 N–H and O–H groups in total. The van der Waals surface area contributed by atoms with E-state index in [2.05, 4.69) is 25.3 Å². The van der Waals surface area contributed by atoms with Crippen molar-refractivity contribution in [1.82, 2.24) is 29.9 Å². The molecular weight excluding hydrogens is 282 g/mol. The summed E-state index contributed by atoms with van der Waals surface area (Å²) in [6.45, 7) is 0.226. The molecule has 0 saturated heterocycles. The molecule has 3 heterocycles. The first-order chi connectivity index (χ1) is 9.67. The van der Waals surface area contributed by atoms with Gasteiger partial charge in [-0.1, -0.05) is 22.9 Å². The molecule has 0 aliphatic rings. The fourth-order valence-electron chi connectivity index (χ4n) is 1.80. The lowest BCUT2D eigenvalue weighted by atomic mass is 10.3. The highest BCUT2D eigenvalue weighted by Crippen LogP contribution is 2.18. The zero-order valence-electron chi connectivity index (χ0n) is 10.2. The Balaban J connectivity index is 2.02. The SMILES string of the molecule is Nc1nc(Cl)c2nnn(Cc3cccc(CO)n3)c2n1. The zero-order valence-corrected chi connectivity index (χ0v) is 11.0. The molecule has 0 fully saturated rings. The third-order valence-corrected chi connectivity index (χ3v) is 2.94. The second-order valence-electron chi connectivity index (χ2n) is 4.07. The van der Waals surface area contributed by atoms with Crippen molar-refractivity contribution in [2.45, 2.75) is 13.2 Å². The Labute approximate surface area is 118 Å². The van der Waals surface area contributed by atoms with E-state index < -0.39 is 0 Å². The van der Waals surface area contributed by atoms with Crippen LogP contribution in [0.1, 0.15) is 11.4 Å². The van der Waals surface area contributed by atoms with Crippen LogP contribution in [-0.2, 0) is 13.2 Å². The number of pyridine rings is 1. The van der Waals surface area contributed by atoms with Crippen LogP contribution in [-0.4, -0.2) is 35.1 Å². The summed E-state index contributed by atoms with van der Waals surface area (Å²) in [5.41, 5.74) is 7.70. The third kappa shape index (κ3) is 2.26. The largest absolute Gasteiger partial charge is 0.390 e. The van der Waals surface area contributed by atoms with Crippen LogP contribution < -0.4 is 5.73 Å². The summed E-state index contributed by atoms with van der Waals surface area (Å²) in [6.07, 6.45) is 0. The van der Waals surface area contributed by atoms with Crippen LogP contribution in [0.4, 0.5) is 5.95 Å². The van der Waals surface area contributed by atoms with Crippen molar-refractivity contribution in [3.8, 4) is 0 Å². The maximum Gasteiger partial charge on any atom is 0.223 e. The quantitative estimate of drug-likeness (QED) is 0.671. The summed E-state index contributed by atoms with van der Waals surface area (Å²) >= 11 is 5.93. The average Bonchev–Trinajstić information content (AvgIpc) is 2.82. The summed E-state index contributed by atoms with van der Waals surface area (Å²) in [5.74, 6) is 0.0584. The van der Waals surface area contributed by atoms with Crippen molar-refractivity contribution in [2.75, 3.05) is 5.73 Å². The number of nitrogens with two attached hydrogens (primary N) is 1. The number of anilines is 1. The second kappa shape index (κ2) is 4.99. The molecule has 0 amide bonds. The van der Waals surface area contributed by atoms with E-state index in [1.807, 2.05) is 12.1 Å². The number of fused-ring (bicyclic) bond motifs is 1. The molecule has 0 saturated carbocycles. The van der Waals surface area contributed by atoms with Crippen LogP contribution in [0, 0.1) is 0 Å². The molecule has 0 aliphatic carbocycles. The standard InChI is InChI=1S/C11H10ClN7O/c12-9-8-10(16-11(13)15-9)19(18-17-8)4-6-2-1-3-7(5-20)14-6/h1-3,20H,4-5H2,(H2,13,15,16). The van der Waals surface area contributed by atoms with E-state index in [1.165, 1.54) is 4.68 Å². The van der Waals surface area contributed by atoms with Gasteiger partial charge in [-0.3, -0.25) is 4.98 Å². The lowest BCUT2D eigenvalue weighted by Gasteiger charge is -2.03. The summed E-state index contributed by atoms with van der Waals surface area (Å²) in [6, 6.07) is 5.36. The highest BCUT2D eigenvalue weighted by atomic mass is 35.5. The van der Waals surface area contributed by atoms with E-state index >= 15 is 0 Å². The molecule has 20 heavy (non-hydrogen) atoms. The summed E-state index contributed by atoms with van der Waals surface area (Å²) < 4.78 is 1.53. The minimum absolute atomic E-state index is 0.0584. The average molecular weight is 292 g/mol. The van der Waals surface area contributed by atoms with E-state index in [9.17, 15) is 0 Å². The molecule has 3 aromatic rings. The second-order valence-corrected chi connectivity index (χ2v) is 4.43. The highest BCUT2D eigenvalue weighted by Gasteiger charge is 2.12. The van der Waals surface area contributed by atoms with Gasteiger partial charge in [0.05, 0.1) is 24.5 Å². The van der Waals surface area contributed by atoms with Gasteiger partial charge in [0.25, 0.3) is 0 Å². The van der Waals surface area contributed by atoms with Gasteiger partial charge < -0.3 is 10.8 Å². The topological polar surface area (TPSA) is 116 Å². The van der Waals surface area contributed by atoms with Gasteiger partial charge >= 0.3 is 0 Å². The maximum absolute atomic E-state index is 9.08. The van der Waals surface area contributed by atoms with Gasteiger partial charge in [0.15, 0.2) is 16.3 Å². The number of nitrogen functional groups attached to an aromatic ring is 1. The van der Waals surface area contributed by atoms with E-state index in [1.54, 1.807) is 6.07 Å². The maximum atomic E-state index is 9.08. The van der Waals surface area contributed by atoms with Crippen LogP contribution in [0.3, 0.4) is 0 Å². The van der Waals surface area contributed by atoms with Crippen LogP contribution in [0.25, 0.3) is 11.2 Å². The normalized spacial score (nSPS) is 11.1. The fraction of sp³-hybridized carbons (Fsp3) is 0.182. The first-order valence-corrected chi connectivity index (χ1v) is 6.13. The summed E-state index contributed by atoms with van der Waals surface area (Å²) in [7, 11) is 0. The Morgan fingerprint density at radius 2 is 2.00 bits per heavy atom. The summed E-state index contributed by atoms with van der Waals surface area (Å²) in [5, 5.41) is 17.1. The number of aliphatic hydroxyl groups is 1. The molecule has 0 radical (unpaired) electrons. The van der Waals surface area contributed by atoms with E-state index in [4.69, 9.17) is 22.4 Å². The number of halogens is 1. The Bertz CT molecular complexity index is 773. The number of aliphatic hydroxyl groups excluding tert-OH is 1. The molecule has 0 aromatic carbocycles. The lowest BCUT2D eigenvalue weighted by Crippen LogP contribution is -2.07. The monoisotopic (exact) mass is 291 g/mol. The molecule has 3 rings (SSSR count). The highest BCUT2D eigenvalue weighted by molar-refractivity contribution is 6.33. The number of nitrogens with zero attached hydrogens (tertiary/aromatic N) is 6. The molecule has 9 heteroatoms. The molecule has 0 aliphatic heterocycles. The van der Waals surface area contributed by atoms with Crippen molar-refractivity contribution in [3.05, 3.63) is 34.7 Å². The fourth-order valence-corrected chi connectivity index (χ4v) is 2.01. The van der Waals surface area contributed by atoms with E-state index in [-0.39, 0.29) is 17.7 Å². The molecule has 0 bridgehead atoms. The van der Waals surface area contributed by atoms with Gasteiger partial charge in [0, 0.05) is 0 Å². The van der Waals surface area contributed by atoms with Crippen molar-refractivity contribution < 1.29 is 5.11 Å². The molecule has 0 spiro atoms. The molecule has 0 atom stereocenters. The van der Waals surface area contributed by atoms with Gasteiger partial charge in [0.1, 0.15) is 0 Å². The van der Waals surface area contributed by atoms with Gasteiger partial charge in [0.2, 0.25) is 5.95 Å². The number of aromatic nitrogens is 6. The predicted molar refractivity (Wildman–Crippen MR) is 71.8 cm³/mol. The molecule has 3 aromatic heterocycles. The number of hydrogen-bond acceptors (Lipinski definition) is 7. The molecule has 0 unspecified atom stereocenters. The van der Waals surface area contributed by atoms with Crippen LogP contribution >= 0.6 is 11.6 Å². The van der Waals surface area contributed by atoms with E-state index in [0.29, 0.717) is 23.4 Å². The van der Waals surface area contributed by atoms with Crippen LogP contribution in [0.2, 0.25) is 5.15 Å². The minimum Gasteiger partial charge on any atom is -0.390 e. The first-order valence-electron chi connectivity index (χ1n) is 5.75. The van der Waals surface area contributed by atoms with Crippen molar-refractivity contribution >= 4 is 28.7 Å². The smallest absolute Gasteiger partial charge is 0.223 e. The number of hydrogen-bond donors (Lipinski definition) is 2. The van der Waals surface area contributed by atoms with Gasteiger partial charge in [-0.15, -0.1) is 5.10 Å². The van der Waals surface area contributed by atoms with E-state index in [0.717, 1.165) is 5.69 Å². The Morgan fingerprint density at radius 1 is 1.20 bits per heavy atom. The molecule has 102 valence electrons. The van der Waals surface area contributed by atoms with Crippen molar-refractivity contribution in [2.24, 2.45) is 0 Å². The van der Waals surface area contributed by atoms with Crippen LogP contribution in [0.5, 0.6) is 0 Å². The summed E-state index contributed by atoms with van der Waals surface area (Å²) in [4.78, 5) is 12.2. The lowest BCUT2D eigenvalue weighted by molar-refractivity contribution is 0.276. The Morgan fingerprint density at radius 3 is 2.80 bits per heavy atom.